The van der Waals surface area contributed by atoms with E-state index in [1.54, 1.807) is 7.11 Å². The third-order valence-corrected chi connectivity index (χ3v) is 2.04. The van der Waals surface area contributed by atoms with Gasteiger partial charge in [0.15, 0.2) is 0 Å². The fourth-order valence-electron chi connectivity index (χ4n) is 1.32. The van der Waals surface area contributed by atoms with Crippen molar-refractivity contribution < 1.29 is 4.74 Å². The largest absolute Gasteiger partial charge is 0.380 e. The molecular formula is C9H15NO. The number of ether oxygens (including phenoxy) is 1. The summed E-state index contributed by atoms with van der Waals surface area (Å²) in [6.07, 6.45) is 1.59. The Bertz CT molecular complexity index is 168. The standard InChI is InChI=1S/C9H15NO/c1-3-4-6-10-7-5-9(8-10)11-2/h9H,5-8H2,1-2H3/t9-/m1/s1. The molecule has 1 aliphatic rings. The molecule has 0 radical (unpaired) electrons. The van der Waals surface area contributed by atoms with Crippen LogP contribution in [0, 0.1) is 11.8 Å². The highest BCUT2D eigenvalue weighted by molar-refractivity contribution is 4.99. The molecule has 1 saturated heterocycles. The van der Waals surface area contributed by atoms with Gasteiger partial charge in [-0.15, -0.1) is 5.92 Å². The Kier molecular flexibility index (Phi) is 3.41. The Morgan fingerprint density at radius 3 is 3.00 bits per heavy atom. The van der Waals surface area contributed by atoms with Crippen molar-refractivity contribution in [2.75, 3.05) is 26.7 Å². The van der Waals surface area contributed by atoms with Gasteiger partial charge in [0.1, 0.15) is 0 Å². The van der Waals surface area contributed by atoms with E-state index in [0.717, 1.165) is 26.1 Å². The van der Waals surface area contributed by atoms with E-state index in [1.165, 1.54) is 0 Å². The van der Waals surface area contributed by atoms with Crippen LogP contribution in [0.5, 0.6) is 0 Å². The van der Waals surface area contributed by atoms with Crippen LogP contribution in [0.15, 0.2) is 0 Å². The first-order valence-electron chi connectivity index (χ1n) is 4.01. The highest BCUT2D eigenvalue weighted by atomic mass is 16.5. The van der Waals surface area contributed by atoms with E-state index in [1.807, 2.05) is 6.92 Å². The zero-order valence-electron chi connectivity index (χ0n) is 7.26. The second kappa shape index (κ2) is 4.38. The Labute approximate surface area is 68.5 Å². The van der Waals surface area contributed by atoms with Crippen LogP contribution in [0.3, 0.4) is 0 Å². The van der Waals surface area contributed by atoms with Crippen LogP contribution < -0.4 is 0 Å². The summed E-state index contributed by atoms with van der Waals surface area (Å²) in [7, 11) is 1.78. The third-order valence-electron chi connectivity index (χ3n) is 2.04. The van der Waals surface area contributed by atoms with Gasteiger partial charge in [0, 0.05) is 20.2 Å². The molecule has 0 unspecified atom stereocenters. The second-order valence-corrected chi connectivity index (χ2v) is 2.81. The van der Waals surface area contributed by atoms with Crippen molar-refractivity contribution in [1.29, 1.82) is 0 Å². The first kappa shape index (κ1) is 8.58. The van der Waals surface area contributed by atoms with E-state index in [2.05, 4.69) is 16.7 Å². The van der Waals surface area contributed by atoms with E-state index in [4.69, 9.17) is 4.74 Å². The number of likely N-dealkylation sites (tertiary alicyclic amines) is 1. The highest BCUT2D eigenvalue weighted by Gasteiger charge is 2.20. The van der Waals surface area contributed by atoms with Crippen molar-refractivity contribution >= 4 is 0 Å². The molecule has 2 nitrogen and oxygen atoms in total. The Morgan fingerprint density at radius 1 is 1.64 bits per heavy atom. The summed E-state index contributed by atoms with van der Waals surface area (Å²) < 4.78 is 5.23. The minimum absolute atomic E-state index is 0.439. The molecule has 1 fully saturated rings. The maximum atomic E-state index is 5.23. The van der Waals surface area contributed by atoms with Crippen molar-refractivity contribution in [2.45, 2.75) is 19.4 Å². The third kappa shape index (κ3) is 2.53. The quantitative estimate of drug-likeness (QED) is 0.542. The van der Waals surface area contributed by atoms with Gasteiger partial charge >= 0.3 is 0 Å². The van der Waals surface area contributed by atoms with E-state index < -0.39 is 0 Å². The molecule has 0 spiro atoms. The Hall–Kier alpha value is -0.520. The summed E-state index contributed by atoms with van der Waals surface area (Å²) in [5.41, 5.74) is 0. The fraction of sp³-hybridized carbons (Fsp3) is 0.778. The molecule has 0 saturated carbocycles. The molecular weight excluding hydrogens is 138 g/mol. The molecule has 1 rings (SSSR count). The summed E-state index contributed by atoms with van der Waals surface area (Å²) in [6, 6.07) is 0. The van der Waals surface area contributed by atoms with Crippen molar-refractivity contribution in [3.63, 3.8) is 0 Å². The van der Waals surface area contributed by atoms with Gasteiger partial charge in [-0.05, 0) is 13.3 Å². The lowest BCUT2D eigenvalue weighted by atomic mass is 10.3. The molecule has 62 valence electrons. The highest BCUT2D eigenvalue weighted by Crippen LogP contribution is 2.10. The Morgan fingerprint density at radius 2 is 2.45 bits per heavy atom. The maximum Gasteiger partial charge on any atom is 0.0710 e. The van der Waals surface area contributed by atoms with Gasteiger partial charge in [0.05, 0.1) is 12.6 Å². The molecule has 1 atom stereocenters. The van der Waals surface area contributed by atoms with Crippen LogP contribution >= 0.6 is 0 Å². The van der Waals surface area contributed by atoms with Gasteiger partial charge in [-0.2, -0.15) is 0 Å². The summed E-state index contributed by atoms with van der Waals surface area (Å²) in [6.45, 7) is 4.96. The molecule has 0 N–H and O–H groups in total. The normalized spacial score (nSPS) is 24.7. The molecule has 0 aromatic heterocycles. The van der Waals surface area contributed by atoms with Gasteiger partial charge in [-0.1, -0.05) is 5.92 Å². The Balaban J connectivity index is 2.22. The number of hydrogen-bond donors (Lipinski definition) is 0. The van der Waals surface area contributed by atoms with Gasteiger partial charge in [0.2, 0.25) is 0 Å². The van der Waals surface area contributed by atoms with Crippen LogP contribution in [-0.2, 0) is 4.74 Å². The number of hydrogen-bond acceptors (Lipinski definition) is 2. The topological polar surface area (TPSA) is 12.5 Å². The molecule has 0 aliphatic carbocycles. The number of nitrogens with zero attached hydrogens (tertiary/aromatic N) is 1. The lowest BCUT2D eigenvalue weighted by Gasteiger charge is -2.10. The summed E-state index contributed by atoms with van der Waals surface area (Å²) in [5.74, 6) is 5.95. The summed E-state index contributed by atoms with van der Waals surface area (Å²) in [4.78, 5) is 2.32. The first-order chi connectivity index (χ1) is 5.36. The van der Waals surface area contributed by atoms with Crippen LogP contribution in [-0.4, -0.2) is 37.7 Å². The molecule has 11 heavy (non-hydrogen) atoms. The second-order valence-electron chi connectivity index (χ2n) is 2.81. The van der Waals surface area contributed by atoms with E-state index in [-0.39, 0.29) is 0 Å². The molecule has 1 heterocycles. The molecule has 2 heteroatoms. The predicted molar refractivity (Wildman–Crippen MR) is 45.3 cm³/mol. The molecule has 1 aliphatic heterocycles. The van der Waals surface area contributed by atoms with Crippen LogP contribution in [0.2, 0.25) is 0 Å². The molecule has 0 aromatic carbocycles. The average molecular weight is 153 g/mol. The lowest BCUT2D eigenvalue weighted by molar-refractivity contribution is 0.110. The van der Waals surface area contributed by atoms with Crippen LogP contribution in [0.4, 0.5) is 0 Å². The molecule has 0 amide bonds. The van der Waals surface area contributed by atoms with Gasteiger partial charge in [0.25, 0.3) is 0 Å². The minimum atomic E-state index is 0.439. The number of rotatable bonds is 2. The summed E-state index contributed by atoms with van der Waals surface area (Å²) >= 11 is 0. The van der Waals surface area contributed by atoms with Crippen molar-refractivity contribution in [3.8, 4) is 11.8 Å². The minimum Gasteiger partial charge on any atom is -0.380 e. The maximum absolute atomic E-state index is 5.23. The predicted octanol–water partition coefficient (Wildman–Crippen LogP) is 0.730. The molecule has 0 bridgehead atoms. The first-order valence-corrected chi connectivity index (χ1v) is 4.01. The zero-order valence-corrected chi connectivity index (χ0v) is 7.26. The SMILES string of the molecule is CC#CCN1CC[C@@H](OC)C1. The smallest absolute Gasteiger partial charge is 0.0710 e. The molecule has 0 aromatic rings. The number of methoxy groups -OCH3 is 1. The van der Waals surface area contributed by atoms with Crippen molar-refractivity contribution in [2.24, 2.45) is 0 Å². The summed E-state index contributed by atoms with van der Waals surface area (Å²) in [5, 5.41) is 0. The van der Waals surface area contributed by atoms with Crippen molar-refractivity contribution in [3.05, 3.63) is 0 Å². The van der Waals surface area contributed by atoms with Crippen LogP contribution in [0.25, 0.3) is 0 Å². The van der Waals surface area contributed by atoms with Gasteiger partial charge in [-0.3, -0.25) is 4.90 Å². The van der Waals surface area contributed by atoms with Gasteiger partial charge < -0.3 is 4.74 Å². The van der Waals surface area contributed by atoms with E-state index in [9.17, 15) is 0 Å². The fourth-order valence-corrected chi connectivity index (χ4v) is 1.32. The van der Waals surface area contributed by atoms with E-state index in [0.29, 0.717) is 6.10 Å². The zero-order chi connectivity index (χ0) is 8.10. The lowest BCUT2D eigenvalue weighted by Crippen LogP contribution is -2.23. The average Bonchev–Trinajstić information content (AvgIpc) is 2.48. The van der Waals surface area contributed by atoms with Crippen LogP contribution in [0.1, 0.15) is 13.3 Å². The monoisotopic (exact) mass is 153 g/mol. The van der Waals surface area contributed by atoms with E-state index >= 15 is 0 Å². The van der Waals surface area contributed by atoms with Gasteiger partial charge in [-0.25, -0.2) is 0 Å². The van der Waals surface area contributed by atoms with Crippen molar-refractivity contribution in [1.82, 2.24) is 4.90 Å².